The molecule has 0 atom stereocenters. The molecule has 0 saturated heterocycles. The average molecular weight is 118 g/mol. The van der Waals surface area contributed by atoms with Gasteiger partial charge in [-0.1, -0.05) is 25.4 Å². The molecule has 0 aliphatic rings. The maximum Gasteiger partial charge on any atom is 0.0742 e. The highest BCUT2D eigenvalue weighted by Crippen LogP contribution is 1.91. The van der Waals surface area contributed by atoms with E-state index in [1.165, 1.54) is 0 Å². The van der Waals surface area contributed by atoms with Crippen LogP contribution in [0.25, 0.3) is 0 Å². The lowest BCUT2D eigenvalue weighted by atomic mass is 10.2. The Labute approximate surface area is 47.4 Å². The van der Waals surface area contributed by atoms with Crippen LogP contribution >= 0.6 is 0 Å². The van der Waals surface area contributed by atoms with Gasteiger partial charge in [0.2, 0.25) is 0 Å². The minimum atomic E-state index is 0.249. The van der Waals surface area contributed by atoms with Crippen LogP contribution in [0.4, 0.5) is 0 Å². The number of hydrogen-bond acceptors (Lipinski definition) is 2. The lowest BCUT2D eigenvalue weighted by Gasteiger charge is -1.96. The van der Waals surface area contributed by atoms with E-state index in [0.29, 0.717) is 16.6 Å². The van der Waals surface area contributed by atoms with Crippen LogP contribution in [0, 0.1) is 16.1 Å². The van der Waals surface area contributed by atoms with E-state index in [-0.39, 0.29) is 5.92 Å². The van der Waals surface area contributed by atoms with E-state index in [1.54, 1.807) is 0 Å². The van der Waals surface area contributed by atoms with Gasteiger partial charge in [0.25, 0.3) is 0 Å². The van der Waals surface area contributed by atoms with Gasteiger partial charge in [0.05, 0.1) is 5.04 Å². The molecule has 0 heterocycles. The van der Waals surface area contributed by atoms with Gasteiger partial charge in [-0.15, -0.1) is 0 Å². The van der Waals surface area contributed by atoms with E-state index in [2.05, 4.69) is 0 Å². The first-order valence-electron chi connectivity index (χ1n) is 2.14. The maximum atomic E-state index is 6.99. The van der Waals surface area contributed by atoms with Crippen LogP contribution in [0.1, 0.15) is 13.8 Å². The molecule has 0 aliphatic carbocycles. The van der Waals surface area contributed by atoms with Crippen LogP contribution in [0.15, 0.2) is 0 Å². The van der Waals surface area contributed by atoms with Crippen LogP contribution in [0.2, 0.25) is 0 Å². The quantitative estimate of drug-likeness (QED) is 0.263. The summed E-state index contributed by atoms with van der Waals surface area (Å²) in [5, 5.41) is 7.48. The van der Waals surface area contributed by atoms with Gasteiger partial charge in [0.15, 0.2) is 0 Å². The van der Waals surface area contributed by atoms with Crippen LogP contribution in [-0.2, 0) is 11.6 Å². The highest BCUT2D eigenvalue weighted by atomic mass is 32.1. The van der Waals surface area contributed by atoms with Gasteiger partial charge >= 0.3 is 0 Å². The SMILES string of the molecule is CC(C)C(=N)[SH]=N. The molecule has 0 unspecified atom stereocenters. The molecular weight excluding hydrogens is 108 g/mol. The van der Waals surface area contributed by atoms with Crippen molar-refractivity contribution in [2.24, 2.45) is 5.92 Å². The third-order valence-corrected chi connectivity index (χ3v) is 1.42. The van der Waals surface area contributed by atoms with Gasteiger partial charge in [-0.2, -0.15) is 0 Å². The first-order chi connectivity index (χ1) is 3.18. The predicted molar refractivity (Wildman–Crippen MR) is 34.0 cm³/mol. The van der Waals surface area contributed by atoms with Crippen molar-refractivity contribution in [1.82, 2.24) is 0 Å². The number of rotatable bonds is 1. The fourth-order valence-corrected chi connectivity index (χ4v) is 0.387. The average Bonchev–Trinajstić information content (AvgIpc) is 1.65. The molecule has 0 saturated carbocycles. The summed E-state index contributed by atoms with van der Waals surface area (Å²) in [6.45, 7) is 3.84. The van der Waals surface area contributed by atoms with Crippen LogP contribution in [0.5, 0.6) is 0 Å². The van der Waals surface area contributed by atoms with Crippen LogP contribution < -0.4 is 0 Å². The molecule has 0 rings (SSSR count). The monoisotopic (exact) mass is 118 g/mol. The third kappa shape index (κ3) is 2.51. The zero-order valence-electron chi connectivity index (χ0n) is 4.52. The molecule has 0 radical (unpaired) electrons. The molecule has 3 heteroatoms. The van der Waals surface area contributed by atoms with Crippen molar-refractivity contribution in [2.45, 2.75) is 13.8 Å². The van der Waals surface area contributed by atoms with E-state index in [9.17, 15) is 0 Å². The fraction of sp³-hybridized carbons (Fsp3) is 0.750. The van der Waals surface area contributed by atoms with Crippen molar-refractivity contribution >= 4 is 16.6 Å². The van der Waals surface area contributed by atoms with Gasteiger partial charge in [-0.05, 0) is 0 Å². The lowest BCUT2D eigenvalue weighted by Crippen LogP contribution is -2.01. The van der Waals surface area contributed by atoms with E-state index in [1.807, 2.05) is 13.8 Å². The fourth-order valence-electron chi connectivity index (χ4n) is 0.129. The van der Waals surface area contributed by atoms with Gasteiger partial charge < -0.3 is 0 Å². The summed E-state index contributed by atoms with van der Waals surface area (Å²) >= 11 is 0.356. The zero-order chi connectivity index (χ0) is 5.86. The second kappa shape index (κ2) is 2.91. The predicted octanol–water partition coefficient (Wildman–Crippen LogP) is 1.20. The Morgan fingerprint density at radius 3 is 2.00 bits per heavy atom. The van der Waals surface area contributed by atoms with Crippen LogP contribution in [0.3, 0.4) is 0 Å². The van der Waals surface area contributed by atoms with Crippen molar-refractivity contribution in [3.05, 3.63) is 0 Å². The number of nitrogens with one attached hydrogen (secondary N) is 2. The molecule has 2 nitrogen and oxygen atoms in total. The van der Waals surface area contributed by atoms with Crippen molar-refractivity contribution in [2.75, 3.05) is 0 Å². The maximum absolute atomic E-state index is 6.99. The minimum Gasteiger partial charge on any atom is -0.297 e. The molecule has 7 heavy (non-hydrogen) atoms. The first kappa shape index (κ1) is 6.82. The summed E-state index contributed by atoms with van der Waals surface area (Å²) in [7, 11) is 0. The molecule has 0 amide bonds. The minimum absolute atomic E-state index is 0.249. The number of thiol groups is 1. The second-order valence-electron chi connectivity index (χ2n) is 1.65. The largest absolute Gasteiger partial charge is 0.297 e. The summed E-state index contributed by atoms with van der Waals surface area (Å²) < 4.78 is 6.69. The van der Waals surface area contributed by atoms with Gasteiger partial charge in [-0.25, -0.2) is 0 Å². The van der Waals surface area contributed by atoms with Crippen molar-refractivity contribution in [3.8, 4) is 0 Å². The first-order valence-corrected chi connectivity index (χ1v) is 3.04. The Morgan fingerprint density at radius 1 is 1.57 bits per heavy atom. The van der Waals surface area contributed by atoms with E-state index in [4.69, 9.17) is 10.2 Å². The van der Waals surface area contributed by atoms with Gasteiger partial charge in [0, 0.05) is 5.92 Å². The summed E-state index contributed by atoms with van der Waals surface area (Å²) in [6, 6.07) is 0. The molecule has 0 aromatic heterocycles. The molecule has 0 fully saturated rings. The van der Waals surface area contributed by atoms with Crippen molar-refractivity contribution in [3.63, 3.8) is 0 Å². The summed E-state index contributed by atoms with van der Waals surface area (Å²) in [5.74, 6) is 0.249. The molecule has 0 bridgehead atoms. The molecule has 0 aromatic carbocycles. The standard InChI is InChI=1S/C4H10N2S/c1-3(2)4(5)7-6/h3,5-7H,1-2H3. The summed E-state index contributed by atoms with van der Waals surface area (Å²) in [4.78, 5) is 0. The van der Waals surface area contributed by atoms with E-state index in [0.717, 1.165) is 0 Å². The van der Waals surface area contributed by atoms with Crippen molar-refractivity contribution in [1.29, 1.82) is 10.2 Å². The molecular formula is C4H10N2S. The van der Waals surface area contributed by atoms with E-state index < -0.39 is 0 Å². The third-order valence-electron chi connectivity index (χ3n) is 0.667. The van der Waals surface area contributed by atoms with Gasteiger partial charge in [-0.3, -0.25) is 10.2 Å². The molecule has 42 valence electrons. The summed E-state index contributed by atoms with van der Waals surface area (Å²) in [5.41, 5.74) is 0. The van der Waals surface area contributed by atoms with E-state index >= 15 is 0 Å². The lowest BCUT2D eigenvalue weighted by molar-refractivity contribution is 0.894. The molecule has 0 spiro atoms. The highest BCUT2D eigenvalue weighted by molar-refractivity contribution is 7.84. The Kier molecular flexibility index (Phi) is 2.83. The topological polar surface area (TPSA) is 47.7 Å². The second-order valence-corrected chi connectivity index (χ2v) is 2.36. The molecule has 0 aliphatic heterocycles. The zero-order valence-corrected chi connectivity index (χ0v) is 5.42. The Morgan fingerprint density at radius 2 is 2.00 bits per heavy atom. The number of hydrogen-bond donors (Lipinski definition) is 3. The molecule has 2 N–H and O–H groups in total. The highest BCUT2D eigenvalue weighted by Gasteiger charge is 1.94. The Hall–Kier alpha value is -0.180. The van der Waals surface area contributed by atoms with Crippen LogP contribution in [-0.4, -0.2) is 5.04 Å². The Bertz CT molecular complexity index is 87.7. The van der Waals surface area contributed by atoms with Gasteiger partial charge in [0.1, 0.15) is 0 Å². The van der Waals surface area contributed by atoms with Crippen molar-refractivity contribution < 1.29 is 0 Å². The Balaban J connectivity index is 3.56. The normalized spacial score (nSPS) is 9.57. The molecule has 0 aromatic rings. The summed E-state index contributed by atoms with van der Waals surface area (Å²) in [6.07, 6.45) is 0. The smallest absolute Gasteiger partial charge is 0.0742 e.